The number of carbonyl (C=O) groups is 2. The van der Waals surface area contributed by atoms with Crippen molar-refractivity contribution in [3.8, 4) is 0 Å². The third-order valence-corrected chi connectivity index (χ3v) is 6.84. The minimum atomic E-state index is -0.369. The van der Waals surface area contributed by atoms with Crippen LogP contribution in [0.25, 0.3) is 0 Å². The van der Waals surface area contributed by atoms with Gasteiger partial charge in [0.15, 0.2) is 0 Å². The van der Waals surface area contributed by atoms with Crippen LogP contribution < -0.4 is 5.32 Å². The van der Waals surface area contributed by atoms with Crippen LogP contribution in [0.3, 0.4) is 0 Å². The number of β-amino-alcohol motifs (C(OH)–C–C–N with tert-alkyl or cyclic N) is 1. The second-order valence-corrected chi connectivity index (χ2v) is 9.68. The van der Waals surface area contributed by atoms with Crippen molar-refractivity contribution in [2.24, 2.45) is 0 Å². The highest BCUT2D eigenvalue weighted by molar-refractivity contribution is 6.42. The molecule has 0 saturated carbocycles. The first-order valence-electron chi connectivity index (χ1n) is 12.8. The molecule has 8 nitrogen and oxygen atoms in total. The zero-order chi connectivity index (χ0) is 28.1. The van der Waals surface area contributed by atoms with Crippen molar-refractivity contribution in [2.45, 2.75) is 38.8 Å². The number of amides is 2. The van der Waals surface area contributed by atoms with Gasteiger partial charge < -0.3 is 24.8 Å². The lowest BCUT2D eigenvalue weighted by molar-refractivity contribution is -0.131. The number of hydrogen-bond donors (Lipinski definition) is 2. The third kappa shape index (κ3) is 10.2. The molecule has 1 saturated heterocycles. The summed E-state index contributed by atoms with van der Waals surface area (Å²) in [4.78, 5) is 29.4. The molecule has 2 aromatic carbocycles. The van der Waals surface area contributed by atoms with Crippen molar-refractivity contribution in [2.75, 3.05) is 58.9 Å². The van der Waals surface area contributed by atoms with Crippen LogP contribution in [0, 0.1) is 0 Å². The molecule has 3 rings (SSSR count). The monoisotopic (exact) mass is 567 g/mol. The van der Waals surface area contributed by atoms with E-state index in [1.807, 2.05) is 32.0 Å². The van der Waals surface area contributed by atoms with Gasteiger partial charge in [0.2, 0.25) is 11.8 Å². The molecule has 1 fully saturated rings. The number of methoxy groups -OCH3 is 1. The van der Waals surface area contributed by atoms with Crippen LogP contribution in [0.2, 0.25) is 10.0 Å². The number of aliphatic hydroxyl groups is 1. The quantitative estimate of drug-likeness (QED) is 0.369. The Morgan fingerprint density at radius 3 is 2.58 bits per heavy atom. The number of nitrogens with zero attached hydrogens (tertiary/aromatic N) is 2. The van der Waals surface area contributed by atoms with Crippen molar-refractivity contribution < 1.29 is 24.2 Å². The zero-order valence-electron chi connectivity index (χ0n) is 22.6. The second-order valence-electron chi connectivity index (χ2n) is 8.87. The Bertz CT molecular complexity index is 1040. The molecule has 2 amide bonds. The van der Waals surface area contributed by atoms with Gasteiger partial charge in [-0.3, -0.25) is 14.5 Å². The number of halogens is 2. The van der Waals surface area contributed by atoms with E-state index in [-0.39, 0.29) is 37.0 Å². The molecule has 0 spiro atoms. The summed E-state index contributed by atoms with van der Waals surface area (Å²) < 4.78 is 10.2. The van der Waals surface area contributed by atoms with E-state index in [4.69, 9.17) is 32.7 Å². The molecule has 0 radical (unpaired) electrons. The molecular formula is C28H39Cl2N3O5. The van der Waals surface area contributed by atoms with Crippen LogP contribution in [-0.2, 0) is 25.5 Å². The first-order chi connectivity index (χ1) is 18.3. The van der Waals surface area contributed by atoms with Crippen LogP contribution in [0.4, 0.5) is 5.69 Å². The number of likely N-dealkylation sites (tertiary alicyclic amines) is 1. The zero-order valence-corrected chi connectivity index (χ0v) is 24.1. The Hall–Kier alpha value is -2.20. The molecule has 0 aliphatic carbocycles. The lowest BCUT2D eigenvalue weighted by atomic mass is 10.0. The molecule has 38 heavy (non-hydrogen) atoms. The molecule has 0 aromatic heterocycles. The first kappa shape index (κ1) is 32.0. The Morgan fingerprint density at radius 1 is 1.16 bits per heavy atom. The van der Waals surface area contributed by atoms with E-state index in [0.29, 0.717) is 48.5 Å². The fourth-order valence-electron chi connectivity index (χ4n) is 4.12. The molecule has 1 aliphatic heterocycles. The number of rotatable bonds is 12. The summed E-state index contributed by atoms with van der Waals surface area (Å²) in [5, 5.41) is 13.7. The summed E-state index contributed by atoms with van der Waals surface area (Å²) in [5.74, 6) is -0.356. The highest BCUT2D eigenvalue weighted by atomic mass is 35.5. The second kappa shape index (κ2) is 16.7. The SMILES string of the molecule is CC.COCCOCC(=O)Nc1cccc(C(CN2CCC(O)C2)N(C)C(=O)Cc2ccc(Cl)c(Cl)c2)c1. The molecule has 2 unspecified atom stereocenters. The smallest absolute Gasteiger partial charge is 0.250 e. The van der Waals surface area contributed by atoms with E-state index < -0.39 is 0 Å². The Balaban J connectivity index is 0.00000247. The van der Waals surface area contributed by atoms with Gasteiger partial charge in [0, 0.05) is 39.5 Å². The minimum Gasteiger partial charge on any atom is -0.392 e. The van der Waals surface area contributed by atoms with Crippen molar-refractivity contribution >= 4 is 40.7 Å². The van der Waals surface area contributed by atoms with E-state index in [2.05, 4.69) is 10.2 Å². The number of aliphatic hydroxyl groups excluding tert-OH is 1. The molecule has 1 heterocycles. The summed E-state index contributed by atoms with van der Waals surface area (Å²) in [6, 6.07) is 12.3. The summed E-state index contributed by atoms with van der Waals surface area (Å²) in [6.07, 6.45) is 0.501. The fourth-order valence-corrected chi connectivity index (χ4v) is 4.45. The molecule has 1 aliphatic rings. The van der Waals surface area contributed by atoms with Crippen LogP contribution in [-0.4, -0.2) is 86.4 Å². The maximum absolute atomic E-state index is 13.3. The number of ether oxygens (including phenoxy) is 2. The topological polar surface area (TPSA) is 91.3 Å². The lowest BCUT2D eigenvalue weighted by Gasteiger charge is -2.32. The average molecular weight is 569 g/mol. The highest BCUT2D eigenvalue weighted by Crippen LogP contribution is 2.27. The van der Waals surface area contributed by atoms with Gasteiger partial charge in [-0.2, -0.15) is 0 Å². The summed E-state index contributed by atoms with van der Waals surface area (Å²) >= 11 is 12.1. The van der Waals surface area contributed by atoms with Crippen LogP contribution in [0.1, 0.15) is 37.4 Å². The predicted molar refractivity (Wildman–Crippen MR) is 152 cm³/mol. The molecule has 0 bridgehead atoms. The van der Waals surface area contributed by atoms with Gasteiger partial charge in [-0.05, 0) is 41.8 Å². The Labute approximate surface area is 235 Å². The molecule has 10 heteroatoms. The molecule has 2 N–H and O–H groups in total. The van der Waals surface area contributed by atoms with E-state index >= 15 is 0 Å². The van der Waals surface area contributed by atoms with Gasteiger partial charge in [0.05, 0.1) is 41.8 Å². The molecule has 2 atom stereocenters. The standard InChI is InChI=1S/C26H33Cl2N3O5.C2H6/c1-30(26(34)13-18-6-7-22(27)23(28)12-18)24(16-31-9-8-21(32)15-31)19-4-3-5-20(14-19)29-25(33)17-36-11-10-35-2;1-2/h3-7,12,14,21,24,32H,8-11,13,15-17H2,1-2H3,(H,29,33);1-2H3. The van der Waals surface area contributed by atoms with E-state index in [0.717, 1.165) is 17.7 Å². The predicted octanol–water partition coefficient (Wildman–Crippen LogP) is 4.43. The van der Waals surface area contributed by atoms with Gasteiger partial charge in [0.25, 0.3) is 0 Å². The van der Waals surface area contributed by atoms with Gasteiger partial charge >= 0.3 is 0 Å². The largest absolute Gasteiger partial charge is 0.392 e. The van der Waals surface area contributed by atoms with Crippen LogP contribution >= 0.6 is 23.2 Å². The van der Waals surface area contributed by atoms with Crippen LogP contribution in [0.15, 0.2) is 42.5 Å². The van der Waals surface area contributed by atoms with Gasteiger partial charge in [-0.25, -0.2) is 0 Å². The van der Waals surface area contributed by atoms with Crippen molar-refractivity contribution in [1.29, 1.82) is 0 Å². The summed E-state index contributed by atoms with van der Waals surface area (Å²) in [6.45, 7) is 6.53. The van der Waals surface area contributed by atoms with E-state index in [1.54, 1.807) is 43.3 Å². The van der Waals surface area contributed by atoms with Gasteiger partial charge in [0.1, 0.15) is 6.61 Å². The number of hydrogen-bond acceptors (Lipinski definition) is 6. The van der Waals surface area contributed by atoms with E-state index in [9.17, 15) is 14.7 Å². The average Bonchev–Trinajstić information content (AvgIpc) is 3.33. The summed E-state index contributed by atoms with van der Waals surface area (Å²) in [5.41, 5.74) is 2.26. The number of carbonyl (C=O) groups excluding carboxylic acids is 2. The molecule has 210 valence electrons. The Morgan fingerprint density at radius 2 is 1.92 bits per heavy atom. The fraction of sp³-hybridized carbons (Fsp3) is 0.500. The maximum Gasteiger partial charge on any atom is 0.250 e. The normalized spacial score (nSPS) is 15.9. The van der Waals surface area contributed by atoms with Gasteiger partial charge in [-0.15, -0.1) is 0 Å². The van der Waals surface area contributed by atoms with E-state index in [1.165, 1.54) is 0 Å². The first-order valence-corrected chi connectivity index (χ1v) is 13.6. The number of likely N-dealkylation sites (N-methyl/N-ethyl adjacent to an activating group) is 1. The lowest BCUT2D eigenvalue weighted by Crippen LogP contribution is -2.39. The number of nitrogens with one attached hydrogen (secondary N) is 1. The minimum absolute atomic E-state index is 0.0786. The van der Waals surface area contributed by atoms with Crippen molar-refractivity contribution in [1.82, 2.24) is 9.80 Å². The summed E-state index contributed by atoms with van der Waals surface area (Å²) in [7, 11) is 3.34. The Kier molecular flexibility index (Phi) is 14.1. The maximum atomic E-state index is 13.3. The van der Waals surface area contributed by atoms with Crippen LogP contribution in [0.5, 0.6) is 0 Å². The number of anilines is 1. The highest BCUT2D eigenvalue weighted by Gasteiger charge is 2.28. The molecular weight excluding hydrogens is 529 g/mol. The van der Waals surface area contributed by atoms with Gasteiger partial charge in [-0.1, -0.05) is 55.2 Å². The third-order valence-electron chi connectivity index (χ3n) is 6.10. The number of benzene rings is 2. The van der Waals surface area contributed by atoms with Crippen molar-refractivity contribution in [3.63, 3.8) is 0 Å². The van der Waals surface area contributed by atoms with Crippen molar-refractivity contribution in [3.05, 3.63) is 63.6 Å². The molecule has 2 aromatic rings.